The summed E-state index contributed by atoms with van der Waals surface area (Å²) < 4.78 is 11.3. The Hall–Kier alpha value is -1.14. The first-order chi connectivity index (χ1) is 13.7. The molecule has 5 nitrogen and oxygen atoms in total. The number of carbonyl (C=O) groups is 1. The van der Waals surface area contributed by atoms with Gasteiger partial charge in [-0.2, -0.15) is 0 Å². The van der Waals surface area contributed by atoms with Crippen molar-refractivity contribution in [1.29, 1.82) is 0 Å². The van der Waals surface area contributed by atoms with Crippen molar-refractivity contribution in [3.05, 3.63) is 35.4 Å². The molecular formula is C23H35ClN2O3. The summed E-state index contributed by atoms with van der Waals surface area (Å²) in [6.45, 7) is 2.84. The number of carbonyl (C=O) groups excluding carboxylic acids is 1. The Bertz CT molecular complexity index is 634. The van der Waals surface area contributed by atoms with Crippen molar-refractivity contribution in [2.75, 3.05) is 13.2 Å². The molecule has 2 aliphatic carbocycles. The second-order valence-electron chi connectivity index (χ2n) is 8.85. The van der Waals surface area contributed by atoms with Crippen molar-refractivity contribution in [3.8, 4) is 0 Å². The Kier molecular flexibility index (Phi) is 8.36. The van der Waals surface area contributed by atoms with Crippen molar-refractivity contribution < 1.29 is 14.3 Å². The van der Waals surface area contributed by atoms with Crippen molar-refractivity contribution in [1.82, 2.24) is 5.32 Å². The van der Waals surface area contributed by atoms with Gasteiger partial charge in [-0.1, -0.05) is 30.7 Å². The average molecular weight is 423 g/mol. The highest BCUT2D eigenvalue weighted by Crippen LogP contribution is 2.41. The van der Waals surface area contributed by atoms with Crippen LogP contribution in [0.2, 0.25) is 0 Å². The number of ether oxygens (including phenoxy) is 2. The standard InChI is InChI=1S/C23H34N2O3.ClH/c24-22-18-2-1-3-19(22)13-20(12-18)23(26)25-14-16-4-6-17(7-5-16)15-28-21-8-10-27-11-9-21;/h4-7,18-22H,1-3,8-15,24H2,(H,25,26);1H. The smallest absolute Gasteiger partial charge is 0.223 e. The van der Waals surface area contributed by atoms with Gasteiger partial charge in [-0.05, 0) is 61.5 Å². The zero-order valence-corrected chi connectivity index (χ0v) is 18.0. The number of amides is 1. The molecule has 2 unspecified atom stereocenters. The van der Waals surface area contributed by atoms with E-state index in [-0.39, 0.29) is 24.2 Å². The van der Waals surface area contributed by atoms with Gasteiger partial charge in [-0.3, -0.25) is 4.79 Å². The maximum atomic E-state index is 12.7. The Morgan fingerprint density at radius 3 is 2.31 bits per heavy atom. The third kappa shape index (κ3) is 5.94. The van der Waals surface area contributed by atoms with Crippen LogP contribution in [0.4, 0.5) is 0 Å². The van der Waals surface area contributed by atoms with Crippen LogP contribution in [0.5, 0.6) is 0 Å². The predicted molar refractivity (Wildman–Crippen MR) is 116 cm³/mol. The minimum absolute atomic E-state index is 0. The van der Waals surface area contributed by atoms with E-state index >= 15 is 0 Å². The summed E-state index contributed by atoms with van der Waals surface area (Å²) in [6, 6.07) is 8.70. The van der Waals surface area contributed by atoms with Crippen LogP contribution in [0.3, 0.4) is 0 Å². The number of benzene rings is 1. The van der Waals surface area contributed by atoms with E-state index in [9.17, 15) is 4.79 Å². The number of hydrogen-bond donors (Lipinski definition) is 2. The van der Waals surface area contributed by atoms with Crippen LogP contribution >= 0.6 is 12.4 Å². The Morgan fingerprint density at radius 2 is 1.66 bits per heavy atom. The predicted octanol–water partition coefficient (Wildman–Crippen LogP) is 3.57. The third-order valence-electron chi connectivity index (χ3n) is 6.93. The molecule has 0 spiro atoms. The Labute approximate surface area is 180 Å². The highest BCUT2D eigenvalue weighted by molar-refractivity contribution is 5.85. The van der Waals surface area contributed by atoms with E-state index < -0.39 is 0 Å². The molecule has 1 aromatic rings. The molecule has 2 atom stereocenters. The molecule has 6 heteroatoms. The van der Waals surface area contributed by atoms with E-state index in [4.69, 9.17) is 15.2 Å². The molecular weight excluding hydrogens is 388 g/mol. The fraction of sp³-hybridized carbons (Fsp3) is 0.696. The van der Waals surface area contributed by atoms with E-state index in [0.717, 1.165) is 44.5 Å². The van der Waals surface area contributed by atoms with Gasteiger partial charge in [0.05, 0.1) is 12.7 Å². The van der Waals surface area contributed by atoms with Crippen LogP contribution < -0.4 is 11.1 Å². The van der Waals surface area contributed by atoms with Crippen molar-refractivity contribution >= 4 is 18.3 Å². The van der Waals surface area contributed by atoms with Gasteiger partial charge < -0.3 is 20.5 Å². The summed E-state index contributed by atoms with van der Waals surface area (Å²) >= 11 is 0. The van der Waals surface area contributed by atoms with E-state index in [1.165, 1.54) is 24.8 Å². The van der Waals surface area contributed by atoms with Crippen LogP contribution in [0.15, 0.2) is 24.3 Å². The second kappa shape index (κ2) is 10.8. The summed E-state index contributed by atoms with van der Waals surface area (Å²) in [6.07, 6.45) is 7.88. The molecule has 3 fully saturated rings. The molecule has 162 valence electrons. The maximum absolute atomic E-state index is 12.7. The average Bonchev–Trinajstić information content (AvgIpc) is 2.72. The normalized spacial score (nSPS) is 29.7. The molecule has 1 heterocycles. The topological polar surface area (TPSA) is 73.6 Å². The van der Waals surface area contributed by atoms with Gasteiger partial charge in [0.1, 0.15) is 0 Å². The molecule has 1 saturated heterocycles. The molecule has 4 rings (SSSR count). The molecule has 3 N–H and O–H groups in total. The lowest BCUT2D eigenvalue weighted by molar-refractivity contribution is -0.128. The number of rotatable bonds is 6. The van der Waals surface area contributed by atoms with Gasteiger partial charge in [0.25, 0.3) is 0 Å². The summed E-state index contributed by atoms with van der Waals surface area (Å²) in [5.41, 5.74) is 8.66. The molecule has 1 aliphatic heterocycles. The monoisotopic (exact) mass is 422 g/mol. The lowest BCUT2D eigenvalue weighted by atomic mass is 9.65. The largest absolute Gasteiger partial charge is 0.381 e. The minimum atomic E-state index is 0. The Balaban J connectivity index is 0.00000240. The Morgan fingerprint density at radius 1 is 1.03 bits per heavy atom. The summed E-state index contributed by atoms with van der Waals surface area (Å²) in [7, 11) is 0. The van der Waals surface area contributed by atoms with Gasteiger partial charge in [0.2, 0.25) is 5.91 Å². The van der Waals surface area contributed by atoms with E-state index in [2.05, 4.69) is 29.6 Å². The molecule has 1 amide bonds. The van der Waals surface area contributed by atoms with Crippen LogP contribution in [0.1, 0.15) is 56.1 Å². The molecule has 2 saturated carbocycles. The molecule has 1 aromatic carbocycles. The van der Waals surface area contributed by atoms with Crippen LogP contribution in [0.25, 0.3) is 0 Å². The van der Waals surface area contributed by atoms with Crippen LogP contribution in [-0.4, -0.2) is 31.3 Å². The van der Waals surface area contributed by atoms with E-state index in [1.54, 1.807) is 0 Å². The fourth-order valence-electron chi connectivity index (χ4n) is 5.15. The molecule has 2 bridgehead atoms. The van der Waals surface area contributed by atoms with Gasteiger partial charge in [0, 0.05) is 31.7 Å². The molecule has 0 aromatic heterocycles. The van der Waals surface area contributed by atoms with Crippen LogP contribution in [-0.2, 0) is 27.4 Å². The zero-order valence-electron chi connectivity index (χ0n) is 17.2. The number of fused-ring (bicyclic) bond motifs is 2. The molecule has 0 radical (unpaired) electrons. The first-order valence-corrected chi connectivity index (χ1v) is 11.0. The highest BCUT2D eigenvalue weighted by atomic mass is 35.5. The zero-order chi connectivity index (χ0) is 19.3. The first kappa shape index (κ1) is 22.5. The lowest BCUT2D eigenvalue weighted by Crippen LogP contribution is -2.49. The number of halogens is 1. The first-order valence-electron chi connectivity index (χ1n) is 11.0. The van der Waals surface area contributed by atoms with E-state index in [0.29, 0.717) is 37.1 Å². The highest BCUT2D eigenvalue weighted by Gasteiger charge is 2.40. The quantitative estimate of drug-likeness (QED) is 0.734. The lowest BCUT2D eigenvalue weighted by Gasteiger charge is -2.43. The van der Waals surface area contributed by atoms with Crippen molar-refractivity contribution in [3.63, 3.8) is 0 Å². The van der Waals surface area contributed by atoms with Gasteiger partial charge in [0.15, 0.2) is 0 Å². The summed E-state index contributed by atoms with van der Waals surface area (Å²) in [5, 5.41) is 3.15. The number of nitrogens with one attached hydrogen (secondary N) is 1. The van der Waals surface area contributed by atoms with Gasteiger partial charge in [-0.25, -0.2) is 0 Å². The maximum Gasteiger partial charge on any atom is 0.223 e. The third-order valence-corrected chi connectivity index (χ3v) is 6.93. The summed E-state index contributed by atoms with van der Waals surface area (Å²) in [5.74, 6) is 1.43. The van der Waals surface area contributed by atoms with Crippen molar-refractivity contribution in [2.24, 2.45) is 23.5 Å². The molecule has 29 heavy (non-hydrogen) atoms. The number of nitrogens with two attached hydrogens (primary N) is 1. The summed E-state index contributed by atoms with van der Waals surface area (Å²) in [4.78, 5) is 12.7. The number of hydrogen-bond acceptors (Lipinski definition) is 4. The fourth-order valence-corrected chi connectivity index (χ4v) is 5.15. The van der Waals surface area contributed by atoms with Crippen molar-refractivity contribution in [2.45, 2.75) is 70.2 Å². The SMILES string of the molecule is Cl.NC1C2CCCC1CC(C(=O)NCc1ccc(COC3CCOCC3)cc1)C2. The van der Waals surface area contributed by atoms with Crippen LogP contribution in [0, 0.1) is 17.8 Å². The second-order valence-corrected chi connectivity index (χ2v) is 8.85. The van der Waals surface area contributed by atoms with E-state index in [1.807, 2.05) is 0 Å². The van der Waals surface area contributed by atoms with Gasteiger partial charge >= 0.3 is 0 Å². The molecule has 3 aliphatic rings. The minimum Gasteiger partial charge on any atom is -0.381 e. The van der Waals surface area contributed by atoms with Gasteiger partial charge in [-0.15, -0.1) is 12.4 Å².